The van der Waals surface area contributed by atoms with E-state index in [0.29, 0.717) is 18.0 Å². The molecule has 2 aliphatic heterocycles. The van der Waals surface area contributed by atoms with E-state index in [9.17, 15) is 5.11 Å². The zero-order chi connectivity index (χ0) is 19.6. The van der Waals surface area contributed by atoms with Gasteiger partial charge in [0.1, 0.15) is 12.7 Å². The van der Waals surface area contributed by atoms with Gasteiger partial charge in [0, 0.05) is 26.2 Å². The molecule has 6 heteroatoms. The van der Waals surface area contributed by atoms with Crippen LogP contribution < -0.4 is 9.47 Å². The van der Waals surface area contributed by atoms with E-state index in [1.807, 2.05) is 12.1 Å². The van der Waals surface area contributed by atoms with Gasteiger partial charge < -0.3 is 24.2 Å². The van der Waals surface area contributed by atoms with Crippen molar-refractivity contribution in [1.82, 2.24) is 9.80 Å². The normalized spacial score (nSPS) is 20.9. The average molecular weight is 393 g/mol. The Bertz CT molecular complexity index is 570. The molecule has 1 N–H and O–H groups in total. The third-order valence-corrected chi connectivity index (χ3v) is 5.59. The number of hydrogen-bond acceptors (Lipinski definition) is 6. The first-order valence-electron chi connectivity index (χ1n) is 10.7. The number of aliphatic hydroxyl groups excluding tert-OH is 1. The van der Waals surface area contributed by atoms with Crippen LogP contribution in [-0.2, 0) is 11.3 Å². The van der Waals surface area contributed by atoms with Crippen LogP contribution in [0.3, 0.4) is 0 Å². The highest BCUT2D eigenvalue weighted by Gasteiger charge is 2.16. The summed E-state index contributed by atoms with van der Waals surface area (Å²) >= 11 is 0. The Morgan fingerprint density at radius 1 is 0.964 bits per heavy atom. The fourth-order valence-electron chi connectivity index (χ4n) is 3.98. The van der Waals surface area contributed by atoms with Crippen molar-refractivity contribution in [3.63, 3.8) is 0 Å². The van der Waals surface area contributed by atoms with Crippen LogP contribution in [-0.4, -0.2) is 80.7 Å². The minimum atomic E-state index is -0.493. The van der Waals surface area contributed by atoms with Gasteiger partial charge in [-0.25, -0.2) is 0 Å². The van der Waals surface area contributed by atoms with Gasteiger partial charge >= 0.3 is 0 Å². The number of β-amino-alcohol motifs (C(OH)–C–C–N with tert-alkyl or cyclic N) is 1. The molecular weight excluding hydrogens is 356 g/mol. The van der Waals surface area contributed by atoms with E-state index < -0.39 is 6.10 Å². The SMILES string of the molecule is COc1ccc(CN2CCOCC2)cc1OC[C@H](O)CN1CCCCCCC1. The van der Waals surface area contributed by atoms with Gasteiger partial charge in [-0.2, -0.15) is 0 Å². The van der Waals surface area contributed by atoms with Crippen LogP contribution in [0.25, 0.3) is 0 Å². The summed E-state index contributed by atoms with van der Waals surface area (Å²) in [6, 6.07) is 6.07. The van der Waals surface area contributed by atoms with Crippen molar-refractivity contribution >= 4 is 0 Å². The van der Waals surface area contributed by atoms with Crippen molar-refractivity contribution in [3.8, 4) is 11.5 Å². The standard InChI is InChI=1S/C22H36N2O4/c1-26-21-8-7-19(16-24-11-13-27-14-12-24)15-22(21)28-18-20(25)17-23-9-5-3-2-4-6-10-23/h7-8,15,20,25H,2-6,9-14,16-18H2,1H3/t20-/m1/s1. The van der Waals surface area contributed by atoms with Crippen LogP contribution in [0.5, 0.6) is 11.5 Å². The van der Waals surface area contributed by atoms with Crippen LogP contribution in [0.2, 0.25) is 0 Å². The second kappa shape index (κ2) is 11.6. The Morgan fingerprint density at radius 3 is 2.39 bits per heavy atom. The molecule has 0 aromatic heterocycles. The van der Waals surface area contributed by atoms with Crippen molar-refractivity contribution in [1.29, 1.82) is 0 Å². The van der Waals surface area contributed by atoms with Crippen LogP contribution in [0.4, 0.5) is 0 Å². The van der Waals surface area contributed by atoms with Gasteiger partial charge in [-0.3, -0.25) is 4.90 Å². The minimum Gasteiger partial charge on any atom is -0.493 e. The number of morpholine rings is 1. The predicted octanol–water partition coefficient (Wildman–Crippen LogP) is 2.53. The number of benzene rings is 1. The van der Waals surface area contributed by atoms with Crippen molar-refractivity contribution in [3.05, 3.63) is 23.8 Å². The molecule has 6 nitrogen and oxygen atoms in total. The van der Waals surface area contributed by atoms with Crippen molar-refractivity contribution in [2.45, 2.75) is 44.8 Å². The van der Waals surface area contributed by atoms with E-state index in [1.54, 1.807) is 7.11 Å². The van der Waals surface area contributed by atoms with Crippen LogP contribution in [0, 0.1) is 0 Å². The van der Waals surface area contributed by atoms with E-state index in [0.717, 1.165) is 45.9 Å². The number of aliphatic hydroxyl groups is 1. The van der Waals surface area contributed by atoms with Gasteiger partial charge in [-0.05, 0) is 43.6 Å². The molecule has 2 aliphatic rings. The summed E-state index contributed by atoms with van der Waals surface area (Å²) in [5, 5.41) is 10.5. The molecule has 0 unspecified atom stereocenters. The number of methoxy groups -OCH3 is 1. The monoisotopic (exact) mass is 392 g/mol. The topological polar surface area (TPSA) is 54.4 Å². The first-order valence-corrected chi connectivity index (χ1v) is 10.7. The molecule has 0 radical (unpaired) electrons. The van der Waals surface area contributed by atoms with Crippen LogP contribution in [0.15, 0.2) is 18.2 Å². The number of nitrogens with zero attached hydrogens (tertiary/aromatic N) is 2. The largest absolute Gasteiger partial charge is 0.493 e. The van der Waals surface area contributed by atoms with Gasteiger partial charge in [-0.15, -0.1) is 0 Å². The summed E-state index contributed by atoms with van der Waals surface area (Å²) in [7, 11) is 1.65. The van der Waals surface area contributed by atoms with Gasteiger partial charge in [0.05, 0.1) is 20.3 Å². The Morgan fingerprint density at radius 2 is 1.68 bits per heavy atom. The Kier molecular flexibility index (Phi) is 8.86. The third kappa shape index (κ3) is 6.92. The first-order chi connectivity index (χ1) is 13.7. The fourth-order valence-corrected chi connectivity index (χ4v) is 3.98. The third-order valence-electron chi connectivity index (χ3n) is 5.59. The molecular formula is C22H36N2O4. The molecule has 1 atom stereocenters. The molecule has 1 aromatic carbocycles. The van der Waals surface area contributed by atoms with Crippen LogP contribution in [0.1, 0.15) is 37.7 Å². The summed E-state index contributed by atoms with van der Waals surface area (Å²) in [4.78, 5) is 4.76. The molecule has 0 saturated carbocycles. The number of ether oxygens (including phenoxy) is 3. The molecule has 158 valence electrons. The van der Waals surface area contributed by atoms with E-state index in [2.05, 4.69) is 15.9 Å². The molecule has 3 rings (SSSR count). The predicted molar refractivity (Wildman–Crippen MR) is 110 cm³/mol. The second-order valence-corrected chi connectivity index (χ2v) is 7.91. The second-order valence-electron chi connectivity index (χ2n) is 7.91. The average Bonchev–Trinajstić information content (AvgIpc) is 2.69. The van der Waals surface area contributed by atoms with E-state index in [4.69, 9.17) is 14.2 Å². The fraction of sp³-hybridized carbons (Fsp3) is 0.727. The molecule has 0 amide bonds. The lowest BCUT2D eigenvalue weighted by Crippen LogP contribution is -2.37. The lowest BCUT2D eigenvalue weighted by atomic mass is 10.1. The van der Waals surface area contributed by atoms with Gasteiger partial charge in [0.15, 0.2) is 11.5 Å². The van der Waals surface area contributed by atoms with Gasteiger partial charge in [0.2, 0.25) is 0 Å². The summed E-state index contributed by atoms with van der Waals surface area (Å²) in [5.41, 5.74) is 1.19. The summed E-state index contributed by atoms with van der Waals surface area (Å²) in [6.07, 6.45) is 5.91. The molecule has 0 bridgehead atoms. The maximum atomic E-state index is 10.5. The highest BCUT2D eigenvalue weighted by atomic mass is 16.5. The Balaban J connectivity index is 1.51. The number of likely N-dealkylation sites (tertiary alicyclic amines) is 1. The van der Waals surface area contributed by atoms with Crippen molar-refractivity contribution < 1.29 is 19.3 Å². The molecule has 28 heavy (non-hydrogen) atoms. The van der Waals surface area contributed by atoms with Crippen LogP contribution >= 0.6 is 0 Å². The highest BCUT2D eigenvalue weighted by molar-refractivity contribution is 5.43. The zero-order valence-corrected chi connectivity index (χ0v) is 17.3. The first kappa shape index (κ1) is 21.4. The molecule has 0 aliphatic carbocycles. The Hall–Kier alpha value is -1.34. The molecule has 2 saturated heterocycles. The molecule has 2 heterocycles. The lowest BCUT2D eigenvalue weighted by molar-refractivity contribution is 0.0341. The quantitative estimate of drug-likeness (QED) is 0.734. The Labute approximate surface area is 169 Å². The lowest BCUT2D eigenvalue weighted by Gasteiger charge is -2.27. The molecule has 0 spiro atoms. The highest BCUT2D eigenvalue weighted by Crippen LogP contribution is 2.29. The maximum Gasteiger partial charge on any atom is 0.161 e. The molecule has 2 fully saturated rings. The van der Waals surface area contributed by atoms with Crippen molar-refractivity contribution in [2.75, 3.05) is 59.7 Å². The maximum absolute atomic E-state index is 10.5. The number of hydrogen-bond donors (Lipinski definition) is 1. The summed E-state index contributed by atoms with van der Waals surface area (Å²) in [6.45, 7) is 7.49. The van der Waals surface area contributed by atoms with Gasteiger partial charge in [-0.1, -0.05) is 25.3 Å². The van der Waals surface area contributed by atoms with Crippen molar-refractivity contribution in [2.24, 2.45) is 0 Å². The van der Waals surface area contributed by atoms with E-state index in [-0.39, 0.29) is 6.61 Å². The smallest absolute Gasteiger partial charge is 0.161 e. The summed E-state index contributed by atoms with van der Waals surface area (Å²) < 4.78 is 16.8. The van der Waals surface area contributed by atoms with Gasteiger partial charge in [0.25, 0.3) is 0 Å². The van der Waals surface area contributed by atoms with E-state index >= 15 is 0 Å². The number of rotatable bonds is 8. The molecule has 1 aromatic rings. The van der Waals surface area contributed by atoms with E-state index in [1.165, 1.54) is 37.7 Å². The zero-order valence-electron chi connectivity index (χ0n) is 17.3. The summed E-state index contributed by atoms with van der Waals surface area (Å²) in [5.74, 6) is 1.42. The minimum absolute atomic E-state index is 0.286.